The molecule has 0 bridgehead atoms. The van der Waals surface area contributed by atoms with E-state index in [1.165, 1.54) is 32.4 Å². The van der Waals surface area contributed by atoms with Crippen LogP contribution in [-0.2, 0) is 9.47 Å². The normalized spacial score (nSPS) is 9.48. The van der Waals surface area contributed by atoms with E-state index in [1.54, 1.807) is 11.9 Å². The second-order valence-electron chi connectivity index (χ2n) is 4.50. The molecular formula is C15H17N3O4S. The van der Waals surface area contributed by atoms with Gasteiger partial charge in [-0.2, -0.15) is 5.26 Å². The minimum absolute atomic E-state index is 0.233. The van der Waals surface area contributed by atoms with Gasteiger partial charge in [-0.25, -0.2) is 9.59 Å². The molecule has 0 atom stereocenters. The second-order valence-corrected chi connectivity index (χ2v) is 4.89. The van der Waals surface area contributed by atoms with Gasteiger partial charge in [0.1, 0.15) is 0 Å². The summed E-state index contributed by atoms with van der Waals surface area (Å²) in [6.45, 7) is 0.437. The first-order valence-electron chi connectivity index (χ1n) is 6.64. The number of hydrogen-bond acceptors (Lipinski definition) is 6. The highest BCUT2D eigenvalue weighted by Gasteiger charge is 2.17. The van der Waals surface area contributed by atoms with E-state index in [4.69, 9.17) is 22.2 Å². The van der Waals surface area contributed by atoms with Crippen molar-refractivity contribution in [2.24, 2.45) is 0 Å². The summed E-state index contributed by atoms with van der Waals surface area (Å²) < 4.78 is 9.38. The lowest BCUT2D eigenvalue weighted by atomic mass is 10.1. The van der Waals surface area contributed by atoms with Crippen molar-refractivity contribution in [2.45, 2.75) is 6.42 Å². The fourth-order valence-corrected chi connectivity index (χ4v) is 1.91. The summed E-state index contributed by atoms with van der Waals surface area (Å²) in [4.78, 5) is 25.1. The van der Waals surface area contributed by atoms with Crippen LogP contribution in [0, 0.1) is 11.3 Å². The maximum absolute atomic E-state index is 11.8. The third-order valence-electron chi connectivity index (χ3n) is 2.99. The fourth-order valence-electron chi connectivity index (χ4n) is 1.71. The number of ether oxygens (including phenoxy) is 2. The van der Waals surface area contributed by atoms with Crippen LogP contribution in [-0.4, -0.2) is 49.8 Å². The molecule has 1 aromatic rings. The molecule has 0 spiro atoms. The van der Waals surface area contributed by atoms with Crippen LogP contribution in [0.15, 0.2) is 18.2 Å². The molecular weight excluding hydrogens is 318 g/mol. The number of anilines is 1. The van der Waals surface area contributed by atoms with E-state index in [-0.39, 0.29) is 11.1 Å². The Morgan fingerprint density at radius 2 is 1.96 bits per heavy atom. The number of esters is 2. The number of methoxy groups -OCH3 is 2. The van der Waals surface area contributed by atoms with Crippen molar-refractivity contribution >= 4 is 35.0 Å². The average molecular weight is 335 g/mol. The van der Waals surface area contributed by atoms with Crippen LogP contribution >= 0.6 is 12.2 Å². The molecule has 0 fully saturated rings. The van der Waals surface area contributed by atoms with E-state index < -0.39 is 11.9 Å². The monoisotopic (exact) mass is 335 g/mol. The number of hydrogen-bond donors (Lipinski definition) is 1. The van der Waals surface area contributed by atoms with Gasteiger partial charge in [-0.15, -0.1) is 0 Å². The summed E-state index contributed by atoms with van der Waals surface area (Å²) in [5, 5.41) is 11.8. The summed E-state index contributed by atoms with van der Waals surface area (Å²) in [7, 11) is 4.25. The van der Waals surface area contributed by atoms with E-state index in [0.717, 1.165) is 0 Å². The Balaban J connectivity index is 3.09. The summed E-state index contributed by atoms with van der Waals surface area (Å²) in [6.07, 6.45) is 0.310. The minimum atomic E-state index is -0.564. The third-order valence-corrected chi connectivity index (χ3v) is 3.41. The largest absolute Gasteiger partial charge is 0.465 e. The SMILES string of the molecule is COC(=O)c1ccc(C(=O)OC)c(NC(=S)N(C)CCC#N)c1. The lowest BCUT2D eigenvalue weighted by Gasteiger charge is -2.21. The van der Waals surface area contributed by atoms with Crippen LogP contribution in [0.2, 0.25) is 0 Å². The molecule has 8 heteroatoms. The number of nitrogens with one attached hydrogen (secondary N) is 1. The highest BCUT2D eigenvalue weighted by Crippen LogP contribution is 2.20. The van der Waals surface area contributed by atoms with Gasteiger partial charge in [0.25, 0.3) is 0 Å². The van der Waals surface area contributed by atoms with Crippen molar-refractivity contribution in [3.05, 3.63) is 29.3 Å². The Bertz CT molecular complexity index is 655. The smallest absolute Gasteiger partial charge is 0.339 e. The zero-order valence-electron chi connectivity index (χ0n) is 13.1. The maximum Gasteiger partial charge on any atom is 0.339 e. The molecule has 1 rings (SSSR count). The molecule has 0 aliphatic carbocycles. The molecule has 1 N–H and O–H groups in total. The molecule has 0 aliphatic heterocycles. The van der Waals surface area contributed by atoms with Gasteiger partial charge in [0.2, 0.25) is 0 Å². The quantitative estimate of drug-likeness (QED) is 0.643. The van der Waals surface area contributed by atoms with Crippen molar-refractivity contribution < 1.29 is 19.1 Å². The number of carbonyl (C=O) groups excluding carboxylic acids is 2. The van der Waals surface area contributed by atoms with Crippen LogP contribution in [0.3, 0.4) is 0 Å². The van der Waals surface area contributed by atoms with Gasteiger partial charge in [-0.1, -0.05) is 0 Å². The highest BCUT2D eigenvalue weighted by atomic mass is 32.1. The molecule has 0 radical (unpaired) electrons. The van der Waals surface area contributed by atoms with Crippen LogP contribution < -0.4 is 5.32 Å². The Morgan fingerprint density at radius 3 is 2.52 bits per heavy atom. The summed E-state index contributed by atoms with van der Waals surface area (Å²) >= 11 is 5.23. The van der Waals surface area contributed by atoms with E-state index in [9.17, 15) is 9.59 Å². The molecule has 0 unspecified atom stereocenters. The lowest BCUT2D eigenvalue weighted by molar-refractivity contribution is 0.0587. The van der Waals surface area contributed by atoms with Crippen LogP contribution in [0.1, 0.15) is 27.1 Å². The molecule has 0 saturated carbocycles. The summed E-state index contributed by atoms with van der Waals surface area (Å²) in [6, 6.07) is 6.40. The standard InChI is InChI=1S/C15H17N3O4S/c1-18(8-4-7-16)15(23)17-12-9-10(13(19)21-2)5-6-11(12)14(20)22-3/h5-6,9H,4,8H2,1-3H3,(H,17,23). The number of nitrogens with zero attached hydrogens (tertiary/aromatic N) is 2. The zero-order valence-corrected chi connectivity index (χ0v) is 13.9. The molecule has 23 heavy (non-hydrogen) atoms. The first-order valence-corrected chi connectivity index (χ1v) is 7.05. The van der Waals surface area contributed by atoms with E-state index >= 15 is 0 Å². The lowest BCUT2D eigenvalue weighted by Crippen LogP contribution is -2.32. The second kappa shape index (κ2) is 8.70. The topological polar surface area (TPSA) is 91.7 Å². The fraction of sp³-hybridized carbons (Fsp3) is 0.333. The highest BCUT2D eigenvalue weighted by molar-refractivity contribution is 7.80. The van der Waals surface area contributed by atoms with Crippen LogP contribution in [0.5, 0.6) is 0 Å². The molecule has 0 amide bonds. The van der Waals surface area contributed by atoms with Gasteiger partial charge in [-0.05, 0) is 30.4 Å². The Hall–Kier alpha value is -2.66. The van der Waals surface area contributed by atoms with Gasteiger partial charge in [0.05, 0.1) is 43.5 Å². The van der Waals surface area contributed by atoms with Gasteiger partial charge in [-0.3, -0.25) is 0 Å². The average Bonchev–Trinajstić information content (AvgIpc) is 2.57. The molecule has 122 valence electrons. The van der Waals surface area contributed by atoms with Gasteiger partial charge >= 0.3 is 11.9 Å². The van der Waals surface area contributed by atoms with E-state index in [0.29, 0.717) is 23.8 Å². The predicted molar refractivity (Wildman–Crippen MR) is 88.2 cm³/mol. The molecule has 0 heterocycles. The molecule has 0 aromatic heterocycles. The first-order chi connectivity index (χ1) is 10.9. The maximum atomic E-state index is 11.8. The van der Waals surface area contributed by atoms with Crippen LogP contribution in [0.25, 0.3) is 0 Å². The third kappa shape index (κ3) is 4.93. The van der Waals surface area contributed by atoms with E-state index in [1.807, 2.05) is 6.07 Å². The van der Waals surface area contributed by atoms with Crippen molar-refractivity contribution in [1.82, 2.24) is 4.90 Å². The first kappa shape index (κ1) is 18.4. The number of nitriles is 1. The van der Waals surface area contributed by atoms with Gasteiger partial charge < -0.3 is 19.7 Å². The van der Waals surface area contributed by atoms with E-state index in [2.05, 4.69) is 10.1 Å². The minimum Gasteiger partial charge on any atom is -0.465 e. The number of carbonyl (C=O) groups is 2. The Labute approximate surface area is 139 Å². The van der Waals surface area contributed by atoms with Crippen molar-refractivity contribution in [3.63, 3.8) is 0 Å². The van der Waals surface area contributed by atoms with Gasteiger partial charge in [0, 0.05) is 13.6 Å². The summed E-state index contributed by atoms with van der Waals surface area (Å²) in [5.41, 5.74) is 0.829. The Morgan fingerprint density at radius 1 is 1.30 bits per heavy atom. The zero-order chi connectivity index (χ0) is 17.4. The summed E-state index contributed by atoms with van der Waals surface area (Å²) in [5.74, 6) is -1.10. The van der Waals surface area contributed by atoms with Crippen molar-refractivity contribution in [2.75, 3.05) is 33.1 Å². The molecule has 1 aromatic carbocycles. The van der Waals surface area contributed by atoms with Crippen LogP contribution in [0.4, 0.5) is 5.69 Å². The van der Waals surface area contributed by atoms with Gasteiger partial charge in [0.15, 0.2) is 5.11 Å². The van der Waals surface area contributed by atoms with Crippen molar-refractivity contribution in [1.29, 1.82) is 5.26 Å². The number of rotatable bonds is 5. The number of thiocarbonyl (C=S) groups is 1. The molecule has 0 saturated heterocycles. The number of benzene rings is 1. The molecule has 0 aliphatic rings. The molecule has 7 nitrogen and oxygen atoms in total. The predicted octanol–water partition coefficient (Wildman–Crippen LogP) is 1.80. The Kier molecular flexibility index (Phi) is 6.96. The van der Waals surface area contributed by atoms with Crippen molar-refractivity contribution in [3.8, 4) is 6.07 Å².